The summed E-state index contributed by atoms with van der Waals surface area (Å²) in [5.41, 5.74) is 13.9. The topological polar surface area (TPSA) is 8.17 Å². The molecule has 1 heterocycles. The van der Waals surface area contributed by atoms with E-state index in [0.29, 0.717) is 0 Å². The summed E-state index contributed by atoms with van der Waals surface area (Å²) in [7, 11) is 0. The minimum atomic E-state index is 1.09. The SMILES string of the molecule is c1ccc(-c2ccc(N(c3ccccc3)c3cccc(-c4ccccc4-n4c5ccccc5c5c6ccccc6ccc54)c3)c(-c3ccccc3)c2)cc1. The molecular weight excluding hydrogens is 653 g/mol. The predicted octanol–water partition coefficient (Wildman–Crippen LogP) is 14.4. The van der Waals surface area contributed by atoms with Gasteiger partial charge in [-0.2, -0.15) is 0 Å². The Morgan fingerprint density at radius 1 is 0.333 bits per heavy atom. The summed E-state index contributed by atoms with van der Waals surface area (Å²) in [4.78, 5) is 2.40. The van der Waals surface area contributed by atoms with E-state index >= 15 is 0 Å². The van der Waals surface area contributed by atoms with E-state index in [4.69, 9.17) is 0 Å². The maximum Gasteiger partial charge on any atom is 0.0547 e. The average molecular weight is 689 g/mol. The molecule has 9 aromatic carbocycles. The Balaban J connectivity index is 1.18. The van der Waals surface area contributed by atoms with Gasteiger partial charge in [-0.15, -0.1) is 0 Å². The molecule has 10 rings (SSSR count). The Kier molecular flexibility index (Phi) is 7.85. The largest absolute Gasteiger partial charge is 0.310 e. The van der Waals surface area contributed by atoms with Gasteiger partial charge >= 0.3 is 0 Å². The summed E-state index contributed by atoms with van der Waals surface area (Å²) in [6, 6.07) is 78.8. The minimum absolute atomic E-state index is 1.09. The number of hydrogen-bond acceptors (Lipinski definition) is 1. The number of para-hydroxylation sites is 3. The molecule has 0 fully saturated rings. The highest BCUT2D eigenvalue weighted by molar-refractivity contribution is 6.21. The Morgan fingerprint density at radius 2 is 0.963 bits per heavy atom. The smallest absolute Gasteiger partial charge is 0.0547 e. The Morgan fingerprint density at radius 3 is 1.78 bits per heavy atom. The molecule has 254 valence electrons. The van der Waals surface area contributed by atoms with E-state index in [1.807, 2.05) is 0 Å². The molecule has 0 aliphatic rings. The zero-order chi connectivity index (χ0) is 35.8. The molecule has 0 aliphatic carbocycles. The van der Waals surface area contributed by atoms with Crippen LogP contribution in [-0.2, 0) is 0 Å². The van der Waals surface area contributed by atoms with Gasteiger partial charge in [-0.25, -0.2) is 0 Å². The van der Waals surface area contributed by atoms with E-state index < -0.39 is 0 Å². The van der Waals surface area contributed by atoms with Gasteiger partial charge in [0.15, 0.2) is 0 Å². The third kappa shape index (κ3) is 5.44. The van der Waals surface area contributed by atoms with Crippen LogP contribution in [0.15, 0.2) is 218 Å². The van der Waals surface area contributed by atoms with Crippen LogP contribution in [0.5, 0.6) is 0 Å². The normalized spacial score (nSPS) is 11.3. The van der Waals surface area contributed by atoms with E-state index in [9.17, 15) is 0 Å². The van der Waals surface area contributed by atoms with Crippen molar-refractivity contribution in [1.82, 2.24) is 4.57 Å². The predicted molar refractivity (Wildman–Crippen MR) is 229 cm³/mol. The van der Waals surface area contributed by atoms with Crippen LogP contribution in [-0.4, -0.2) is 4.57 Å². The van der Waals surface area contributed by atoms with Gasteiger partial charge < -0.3 is 9.47 Å². The lowest BCUT2D eigenvalue weighted by molar-refractivity contribution is 1.18. The fraction of sp³-hybridized carbons (Fsp3) is 0. The summed E-state index contributed by atoms with van der Waals surface area (Å²) in [5.74, 6) is 0. The first-order valence-electron chi connectivity index (χ1n) is 18.5. The standard InChI is InChI=1S/C52H36N2/c1-4-17-37(18-5-1)40-32-33-50(47(36-40)38-19-6-2-7-20-38)53(42-23-8-3-9-24-42)43-25-16-22-41(35-43)44-26-12-14-29-48(44)54-49-30-15-13-28-46(49)52-45-27-11-10-21-39(45)31-34-51(52)54/h1-36H. The third-order valence-corrected chi connectivity index (χ3v) is 10.6. The van der Waals surface area contributed by atoms with Crippen molar-refractivity contribution >= 4 is 49.6 Å². The molecule has 0 amide bonds. The molecule has 54 heavy (non-hydrogen) atoms. The molecule has 0 unspecified atom stereocenters. The third-order valence-electron chi connectivity index (χ3n) is 10.6. The van der Waals surface area contributed by atoms with Gasteiger partial charge in [0.25, 0.3) is 0 Å². The van der Waals surface area contributed by atoms with Crippen LogP contribution in [0, 0.1) is 0 Å². The Bertz CT molecular complexity index is 2930. The second kappa shape index (κ2) is 13.4. The van der Waals surface area contributed by atoms with E-state index in [0.717, 1.165) is 28.3 Å². The molecule has 0 bridgehead atoms. The van der Waals surface area contributed by atoms with E-state index in [1.165, 1.54) is 60.4 Å². The highest BCUT2D eigenvalue weighted by atomic mass is 15.1. The molecule has 2 nitrogen and oxygen atoms in total. The van der Waals surface area contributed by atoms with Gasteiger partial charge in [0.1, 0.15) is 0 Å². The minimum Gasteiger partial charge on any atom is -0.310 e. The highest BCUT2D eigenvalue weighted by Gasteiger charge is 2.21. The van der Waals surface area contributed by atoms with Crippen molar-refractivity contribution in [2.45, 2.75) is 0 Å². The molecule has 0 atom stereocenters. The number of benzene rings is 9. The number of aromatic nitrogens is 1. The monoisotopic (exact) mass is 688 g/mol. The van der Waals surface area contributed by atoms with Crippen LogP contribution in [0.25, 0.3) is 71.6 Å². The summed E-state index contributed by atoms with van der Waals surface area (Å²) in [5, 5.41) is 5.07. The fourth-order valence-electron chi connectivity index (χ4n) is 8.12. The molecule has 2 heteroatoms. The number of nitrogens with zero attached hydrogens (tertiary/aromatic N) is 2. The van der Waals surface area contributed by atoms with Crippen molar-refractivity contribution < 1.29 is 0 Å². The molecule has 0 saturated heterocycles. The number of fused-ring (bicyclic) bond motifs is 5. The molecule has 10 aromatic rings. The lowest BCUT2D eigenvalue weighted by Crippen LogP contribution is -2.11. The number of anilines is 3. The first-order valence-corrected chi connectivity index (χ1v) is 18.5. The van der Waals surface area contributed by atoms with Crippen LogP contribution in [0.2, 0.25) is 0 Å². The van der Waals surface area contributed by atoms with E-state index in [2.05, 4.69) is 228 Å². The maximum absolute atomic E-state index is 2.45. The lowest BCUT2D eigenvalue weighted by Gasteiger charge is -2.29. The molecule has 0 N–H and O–H groups in total. The van der Waals surface area contributed by atoms with Crippen LogP contribution in [0.3, 0.4) is 0 Å². The molecule has 0 saturated carbocycles. The van der Waals surface area contributed by atoms with Crippen LogP contribution in [0.4, 0.5) is 17.1 Å². The Hall–Kier alpha value is -7.16. The van der Waals surface area contributed by atoms with Gasteiger partial charge in [0.05, 0.1) is 22.4 Å². The second-order valence-electron chi connectivity index (χ2n) is 13.7. The van der Waals surface area contributed by atoms with E-state index in [-0.39, 0.29) is 0 Å². The molecular formula is C52H36N2. The van der Waals surface area contributed by atoms with Crippen LogP contribution in [0.1, 0.15) is 0 Å². The quantitative estimate of drug-likeness (QED) is 0.162. The van der Waals surface area contributed by atoms with Crippen molar-refractivity contribution in [3.05, 3.63) is 218 Å². The van der Waals surface area contributed by atoms with Gasteiger partial charge in [-0.05, 0) is 87.6 Å². The summed E-state index contributed by atoms with van der Waals surface area (Å²) in [6.45, 7) is 0. The van der Waals surface area contributed by atoms with Gasteiger partial charge in [0.2, 0.25) is 0 Å². The van der Waals surface area contributed by atoms with E-state index in [1.54, 1.807) is 0 Å². The second-order valence-corrected chi connectivity index (χ2v) is 13.7. The maximum atomic E-state index is 2.45. The zero-order valence-corrected chi connectivity index (χ0v) is 29.7. The van der Waals surface area contributed by atoms with Crippen molar-refractivity contribution in [3.8, 4) is 39.1 Å². The van der Waals surface area contributed by atoms with Crippen LogP contribution < -0.4 is 4.90 Å². The molecule has 1 aromatic heterocycles. The van der Waals surface area contributed by atoms with Crippen molar-refractivity contribution in [1.29, 1.82) is 0 Å². The zero-order valence-electron chi connectivity index (χ0n) is 29.7. The number of hydrogen-bond donors (Lipinski definition) is 0. The number of rotatable bonds is 7. The lowest BCUT2D eigenvalue weighted by atomic mass is 9.96. The van der Waals surface area contributed by atoms with Crippen LogP contribution >= 0.6 is 0 Å². The summed E-state index contributed by atoms with van der Waals surface area (Å²) in [6.07, 6.45) is 0. The highest BCUT2D eigenvalue weighted by Crippen LogP contribution is 2.44. The fourth-order valence-corrected chi connectivity index (χ4v) is 8.12. The van der Waals surface area contributed by atoms with Gasteiger partial charge in [-0.1, -0.05) is 164 Å². The van der Waals surface area contributed by atoms with Crippen molar-refractivity contribution in [2.75, 3.05) is 4.90 Å². The summed E-state index contributed by atoms with van der Waals surface area (Å²) >= 11 is 0. The molecule has 0 spiro atoms. The first-order chi connectivity index (χ1) is 26.8. The Labute approximate surface area is 315 Å². The van der Waals surface area contributed by atoms with Crippen molar-refractivity contribution in [2.24, 2.45) is 0 Å². The van der Waals surface area contributed by atoms with Gasteiger partial charge in [-0.3, -0.25) is 0 Å². The average Bonchev–Trinajstić information content (AvgIpc) is 3.60. The molecule has 0 radical (unpaired) electrons. The summed E-state index contributed by atoms with van der Waals surface area (Å²) < 4.78 is 2.45. The molecule has 0 aliphatic heterocycles. The van der Waals surface area contributed by atoms with Gasteiger partial charge in [0, 0.05) is 33.3 Å². The van der Waals surface area contributed by atoms with Crippen molar-refractivity contribution in [3.63, 3.8) is 0 Å². The first kappa shape index (κ1) is 31.6.